The molecular weight excluding hydrogens is 591 g/mol. The average molecular weight is 627 g/mol. The van der Waals surface area contributed by atoms with E-state index in [-0.39, 0.29) is 18.1 Å². The summed E-state index contributed by atoms with van der Waals surface area (Å²) in [7, 11) is 0. The third-order valence-electron chi connectivity index (χ3n) is 8.82. The summed E-state index contributed by atoms with van der Waals surface area (Å²) in [4.78, 5) is 35.2. The van der Waals surface area contributed by atoms with Gasteiger partial charge in [-0.2, -0.15) is 15.2 Å². The molecule has 4 aliphatic rings. The maximum absolute atomic E-state index is 15.1. The Morgan fingerprint density at radius 3 is 2.61 bits per heavy atom. The molecule has 3 aromatic rings. The molecule has 5 heterocycles. The van der Waals surface area contributed by atoms with Crippen molar-refractivity contribution in [2.75, 3.05) is 75.8 Å². The Labute approximate surface area is 266 Å². The third kappa shape index (κ3) is 6.76. The molecule has 3 saturated heterocycles. The third-order valence-corrected chi connectivity index (χ3v) is 8.82. The summed E-state index contributed by atoms with van der Waals surface area (Å²) in [5, 5.41) is 15.7. The number of likely N-dealkylation sites (tertiary alicyclic amines) is 1. The number of ether oxygens (including phenoxy) is 2. The van der Waals surface area contributed by atoms with Crippen LogP contribution in [-0.4, -0.2) is 120 Å². The molecule has 238 valence electrons. The van der Waals surface area contributed by atoms with Crippen LogP contribution >= 0.6 is 0 Å². The fraction of sp³-hybridized carbons (Fsp3) is 0.438. The van der Waals surface area contributed by atoms with Crippen LogP contribution in [0.4, 0.5) is 26.5 Å². The molecule has 2 aromatic carbocycles. The van der Waals surface area contributed by atoms with Gasteiger partial charge in [-0.15, -0.1) is 0 Å². The van der Waals surface area contributed by atoms with Crippen LogP contribution in [0.15, 0.2) is 53.8 Å². The van der Waals surface area contributed by atoms with Crippen molar-refractivity contribution in [1.82, 2.24) is 30.1 Å². The Kier molecular flexibility index (Phi) is 8.69. The first-order chi connectivity index (χ1) is 22.5. The van der Waals surface area contributed by atoms with Crippen LogP contribution in [0.2, 0.25) is 0 Å². The van der Waals surface area contributed by atoms with Gasteiger partial charge in [0.1, 0.15) is 30.4 Å². The Morgan fingerprint density at radius 1 is 1.09 bits per heavy atom. The lowest BCUT2D eigenvalue weighted by Gasteiger charge is -2.43. The quantitative estimate of drug-likeness (QED) is 0.362. The molecule has 1 aromatic heterocycles. The molecule has 0 aliphatic carbocycles. The minimum atomic E-state index is -1.26. The fourth-order valence-corrected chi connectivity index (χ4v) is 6.15. The number of anilines is 3. The van der Waals surface area contributed by atoms with E-state index in [9.17, 15) is 10.1 Å². The highest BCUT2D eigenvalue weighted by Gasteiger charge is 2.33. The van der Waals surface area contributed by atoms with E-state index in [0.29, 0.717) is 60.9 Å². The molecule has 13 nitrogen and oxygen atoms in total. The van der Waals surface area contributed by atoms with Crippen LogP contribution in [0.25, 0.3) is 11.4 Å². The van der Waals surface area contributed by atoms with Crippen molar-refractivity contribution in [3.05, 3.63) is 54.4 Å². The molecule has 7 rings (SSSR count). The van der Waals surface area contributed by atoms with Crippen LogP contribution < -0.4 is 20.3 Å². The lowest BCUT2D eigenvalue weighted by atomic mass is 10.0. The molecule has 0 spiro atoms. The molecule has 4 aliphatic heterocycles. The number of piperazine rings is 1. The molecule has 0 unspecified atom stereocenters. The summed E-state index contributed by atoms with van der Waals surface area (Å²) in [5.74, 6) is 1.09. The van der Waals surface area contributed by atoms with Crippen molar-refractivity contribution in [3.63, 3.8) is 0 Å². The molecular formula is C32H35FN10O3. The van der Waals surface area contributed by atoms with Gasteiger partial charge in [0.25, 0.3) is 0 Å². The Morgan fingerprint density at radius 2 is 1.91 bits per heavy atom. The van der Waals surface area contributed by atoms with Gasteiger partial charge in [0.2, 0.25) is 5.95 Å². The van der Waals surface area contributed by atoms with Gasteiger partial charge in [0.15, 0.2) is 5.82 Å². The number of piperidine rings is 1. The largest absolute Gasteiger partial charge is 0.486 e. The number of rotatable bonds is 9. The number of aromatic nitrogens is 3. The van der Waals surface area contributed by atoms with E-state index in [1.807, 2.05) is 17.0 Å². The predicted octanol–water partition coefficient (Wildman–Crippen LogP) is 2.63. The molecule has 0 saturated carbocycles. The highest BCUT2D eigenvalue weighted by atomic mass is 19.1. The Bertz CT molecular complexity index is 1640. The lowest BCUT2D eigenvalue weighted by molar-refractivity contribution is -0.0660. The summed E-state index contributed by atoms with van der Waals surface area (Å²) in [6, 6.07) is 15.7. The van der Waals surface area contributed by atoms with Crippen molar-refractivity contribution in [3.8, 4) is 23.2 Å². The number of carbonyl (C=O) groups is 1. The zero-order valence-electron chi connectivity index (χ0n) is 25.3. The summed E-state index contributed by atoms with van der Waals surface area (Å²) in [6.45, 7) is 7.34. The molecule has 2 atom stereocenters. The fourth-order valence-electron chi connectivity index (χ4n) is 6.15. The van der Waals surface area contributed by atoms with Gasteiger partial charge in [-0.3, -0.25) is 9.80 Å². The summed E-state index contributed by atoms with van der Waals surface area (Å²) >= 11 is 0. The van der Waals surface area contributed by atoms with E-state index in [2.05, 4.69) is 58.6 Å². The number of hydrogen-bond donors (Lipinski definition) is 2. The predicted molar refractivity (Wildman–Crippen MR) is 169 cm³/mol. The van der Waals surface area contributed by atoms with Crippen molar-refractivity contribution < 1.29 is 18.7 Å². The smallest absolute Gasteiger partial charge is 0.341 e. The van der Waals surface area contributed by atoms with Crippen LogP contribution in [0.5, 0.6) is 5.75 Å². The number of nitrogens with one attached hydrogen (secondary N) is 2. The van der Waals surface area contributed by atoms with Gasteiger partial charge in [0.05, 0.1) is 37.1 Å². The Balaban J connectivity index is 0.955. The van der Waals surface area contributed by atoms with E-state index in [1.165, 1.54) is 12.0 Å². The molecule has 2 N–H and O–H groups in total. The SMILES string of the molecule is N#Cc1cc(-c2ncnc(Nc3ccc(N4CCN(C5COC5)CC4)cc3)n2)ccc1O[C@H]1CCN(CC2=NC(=O)NC2)C[C@H]1F. The number of nitriles is 1. The topological polar surface area (TPSA) is 144 Å². The number of halogens is 1. The average Bonchev–Trinajstić information content (AvgIpc) is 3.46. The molecule has 3 fully saturated rings. The highest BCUT2D eigenvalue weighted by molar-refractivity contribution is 6.03. The van der Waals surface area contributed by atoms with E-state index in [1.54, 1.807) is 18.2 Å². The van der Waals surface area contributed by atoms with Gasteiger partial charge < -0.3 is 25.0 Å². The summed E-state index contributed by atoms with van der Waals surface area (Å²) < 4.78 is 26.4. The number of amides is 2. The van der Waals surface area contributed by atoms with Gasteiger partial charge in [0, 0.05) is 62.8 Å². The molecule has 46 heavy (non-hydrogen) atoms. The van der Waals surface area contributed by atoms with Crippen LogP contribution in [0.1, 0.15) is 12.0 Å². The van der Waals surface area contributed by atoms with Crippen molar-refractivity contribution in [2.45, 2.75) is 24.7 Å². The second-order valence-corrected chi connectivity index (χ2v) is 11.9. The maximum Gasteiger partial charge on any atom is 0.341 e. The van der Waals surface area contributed by atoms with E-state index in [0.717, 1.165) is 45.1 Å². The first-order valence-electron chi connectivity index (χ1n) is 15.6. The number of hydrogen-bond acceptors (Lipinski definition) is 11. The summed E-state index contributed by atoms with van der Waals surface area (Å²) in [5.41, 5.74) is 3.61. The van der Waals surface area contributed by atoms with Gasteiger partial charge in [-0.1, -0.05) is 0 Å². The standard InChI is InChI=1S/C32H35FN10O3/c33-27-17-41(16-24-15-35-32(44)39-24)8-7-29(27)46-28-6-1-21(13-22(28)14-34)30-36-20-37-31(40-30)38-23-2-4-25(5-3-23)42-9-11-43(12-10-42)26-18-45-19-26/h1-6,13,20,26-27,29H,7-12,15-19H2,(H,35,44)(H,36,37,38,40)/t27-,29+/m1/s1. The highest BCUT2D eigenvalue weighted by Crippen LogP contribution is 2.29. The normalized spacial score (nSPS) is 22.5. The second kappa shape index (κ2) is 13.3. The van der Waals surface area contributed by atoms with Crippen molar-refractivity contribution in [2.24, 2.45) is 4.99 Å². The number of urea groups is 1. The summed E-state index contributed by atoms with van der Waals surface area (Å²) in [6.07, 6.45) is -0.0774. The number of alkyl halides is 1. The van der Waals surface area contributed by atoms with Gasteiger partial charge in [-0.25, -0.2) is 19.2 Å². The first-order valence-corrected chi connectivity index (χ1v) is 15.6. The minimum absolute atomic E-state index is 0.161. The lowest BCUT2D eigenvalue weighted by Crippen LogP contribution is -2.56. The Hall–Kier alpha value is -4.71. The van der Waals surface area contributed by atoms with Crippen LogP contribution in [0, 0.1) is 11.3 Å². The van der Waals surface area contributed by atoms with E-state index in [4.69, 9.17) is 9.47 Å². The molecule has 14 heteroatoms. The van der Waals surface area contributed by atoms with E-state index < -0.39 is 12.3 Å². The molecule has 0 radical (unpaired) electrons. The zero-order valence-corrected chi connectivity index (χ0v) is 25.3. The van der Waals surface area contributed by atoms with Crippen LogP contribution in [-0.2, 0) is 4.74 Å². The number of nitrogens with zero attached hydrogens (tertiary/aromatic N) is 8. The number of aliphatic imine (C=N–C) groups is 1. The second-order valence-electron chi connectivity index (χ2n) is 11.9. The van der Waals surface area contributed by atoms with Crippen molar-refractivity contribution >= 4 is 29.1 Å². The first kappa shape index (κ1) is 30.0. The number of benzene rings is 2. The van der Waals surface area contributed by atoms with Gasteiger partial charge in [-0.05, 0) is 48.9 Å². The van der Waals surface area contributed by atoms with Crippen LogP contribution in [0.3, 0.4) is 0 Å². The number of carbonyl (C=O) groups excluding carboxylic acids is 1. The molecule has 2 amide bonds. The minimum Gasteiger partial charge on any atom is -0.486 e. The van der Waals surface area contributed by atoms with Gasteiger partial charge >= 0.3 is 6.03 Å². The maximum atomic E-state index is 15.1. The van der Waals surface area contributed by atoms with Crippen molar-refractivity contribution in [1.29, 1.82) is 5.26 Å². The van der Waals surface area contributed by atoms with E-state index >= 15 is 4.39 Å². The zero-order chi connectivity index (χ0) is 31.5. The monoisotopic (exact) mass is 626 g/mol. The molecule has 0 bridgehead atoms.